The molecule has 0 amide bonds. The summed E-state index contributed by atoms with van der Waals surface area (Å²) in [5.41, 5.74) is 2.65. The molecule has 0 heterocycles. The molecule has 0 aliphatic rings. The van der Waals surface area contributed by atoms with Crippen LogP contribution in [0.3, 0.4) is 0 Å². The summed E-state index contributed by atoms with van der Waals surface area (Å²) in [4.78, 5) is 0. The van der Waals surface area contributed by atoms with Gasteiger partial charge in [-0.3, -0.25) is 0 Å². The molecule has 0 aromatic heterocycles. The van der Waals surface area contributed by atoms with E-state index in [2.05, 4.69) is 61.6 Å². The van der Waals surface area contributed by atoms with Crippen LogP contribution in [-0.4, -0.2) is 13.2 Å². The molecule has 2 atom stereocenters. The third-order valence-corrected chi connectivity index (χ3v) is 3.54. The van der Waals surface area contributed by atoms with Crippen LogP contribution in [0.4, 0.5) is 0 Å². The Hall–Kier alpha value is -1.51. The number of hydrogen-bond acceptors (Lipinski definition) is 2. The van der Waals surface area contributed by atoms with Gasteiger partial charge in [-0.25, -0.2) is 0 Å². The van der Waals surface area contributed by atoms with Crippen LogP contribution in [0, 0.1) is 0 Å². The third-order valence-electron chi connectivity index (χ3n) is 3.54. The van der Waals surface area contributed by atoms with Crippen molar-refractivity contribution in [3.05, 3.63) is 65.7 Å². The fraction of sp³-hybridized carbons (Fsp3) is 0.333. The lowest BCUT2D eigenvalue weighted by Gasteiger charge is -2.20. The Morgan fingerprint density at radius 1 is 0.952 bits per heavy atom. The quantitative estimate of drug-likeness (QED) is 0.854. The van der Waals surface area contributed by atoms with Crippen molar-refractivity contribution in [3.8, 4) is 5.75 Å². The highest BCUT2D eigenvalue weighted by atomic mass is 35.5. The summed E-state index contributed by atoms with van der Waals surface area (Å²) in [6.45, 7) is 4.43. The van der Waals surface area contributed by atoms with E-state index in [0.29, 0.717) is 12.1 Å². The Morgan fingerprint density at radius 2 is 1.57 bits per heavy atom. The lowest BCUT2D eigenvalue weighted by Crippen LogP contribution is -2.30. The van der Waals surface area contributed by atoms with Crippen LogP contribution < -0.4 is 10.1 Å². The predicted molar refractivity (Wildman–Crippen MR) is 91.4 cm³/mol. The van der Waals surface area contributed by atoms with Crippen LogP contribution in [-0.2, 0) is 6.42 Å². The fourth-order valence-electron chi connectivity index (χ4n) is 2.44. The van der Waals surface area contributed by atoms with Crippen LogP contribution in [0.15, 0.2) is 54.6 Å². The Bertz CT molecular complexity index is 513. The molecule has 1 N–H and O–H groups in total. The molecule has 0 fully saturated rings. The number of rotatable bonds is 6. The molecule has 2 rings (SSSR count). The molecule has 2 aromatic carbocycles. The van der Waals surface area contributed by atoms with Crippen molar-refractivity contribution in [2.75, 3.05) is 7.11 Å². The normalized spacial score (nSPS) is 13.1. The molecule has 0 radical (unpaired) electrons. The average molecular weight is 306 g/mol. The molecular weight excluding hydrogens is 282 g/mol. The average Bonchev–Trinajstić information content (AvgIpc) is 2.49. The molecule has 0 aliphatic heterocycles. The Labute approximate surface area is 133 Å². The van der Waals surface area contributed by atoms with Gasteiger partial charge in [-0.05, 0) is 43.5 Å². The minimum absolute atomic E-state index is 0. The maximum absolute atomic E-state index is 5.18. The van der Waals surface area contributed by atoms with Crippen LogP contribution in [0.2, 0.25) is 0 Å². The molecule has 0 spiro atoms. The van der Waals surface area contributed by atoms with Gasteiger partial charge in [0.05, 0.1) is 7.11 Å². The van der Waals surface area contributed by atoms with E-state index in [1.54, 1.807) is 7.11 Å². The van der Waals surface area contributed by atoms with Gasteiger partial charge in [-0.1, -0.05) is 42.5 Å². The molecule has 114 valence electrons. The van der Waals surface area contributed by atoms with E-state index in [-0.39, 0.29) is 12.4 Å². The van der Waals surface area contributed by atoms with Gasteiger partial charge >= 0.3 is 0 Å². The van der Waals surface area contributed by atoms with Crippen LogP contribution >= 0.6 is 12.4 Å². The molecule has 0 saturated carbocycles. The highest BCUT2D eigenvalue weighted by Crippen LogP contribution is 2.15. The van der Waals surface area contributed by atoms with Gasteiger partial charge in [0.2, 0.25) is 0 Å². The van der Waals surface area contributed by atoms with E-state index >= 15 is 0 Å². The Kier molecular flexibility index (Phi) is 7.27. The number of halogens is 1. The second-order valence-corrected chi connectivity index (χ2v) is 5.25. The highest BCUT2D eigenvalue weighted by Gasteiger charge is 2.09. The minimum Gasteiger partial charge on any atom is -0.497 e. The van der Waals surface area contributed by atoms with Gasteiger partial charge in [0.15, 0.2) is 0 Å². The summed E-state index contributed by atoms with van der Waals surface area (Å²) in [7, 11) is 1.70. The van der Waals surface area contributed by atoms with Gasteiger partial charge in [0.1, 0.15) is 5.75 Å². The standard InChI is InChI=1S/C18H23NO.ClH/c1-14(13-16-9-11-18(20-3)12-10-16)19-15(2)17-7-5-4-6-8-17;/h4-12,14-15,19H,13H2,1-3H3;1H/t14-,15-;/m1./s1. The summed E-state index contributed by atoms with van der Waals surface area (Å²) in [6, 6.07) is 19.6. The van der Waals surface area contributed by atoms with Crippen molar-refractivity contribution >= 4 is 12.4 Å². The van der Waals surface area contributed by atoms with Crippen LogP contribution in [0.5, 0.6) is 5.75 Å². The summed E-state index contributed by atoms with van der Waals surface area (Å²) in [5, 5.41) is 3.64. The Morgan fingerprint density at radius 3 is 2.14 bits per heavy atom. The first-order valence-electron chi connectivity index (χ1n) is 7.13. The van der Waals surface area contributed by atoms with E-state index < -0.39 is 0 Å². The van der Waals surface area contributed by atoms with Crippen LogP contribution in [0.1, 0.15) is 31.0 Å². The smallest absolute Gasteiger partial charge is 0.118 e. The summed E-state index contributed by atoms with van der Waals surface area (Å²) in [6.07, 6.45) is 1.02. The summed E-state index contributed by atoms with van der Waals surface area (Å²) < 4.78 is 5.18. The molecule has 0 aliphatic carbocycles. The Balaban J connectivity index is 0.00000220. The van der Waals surface area contributed by atoms with Gasteiger partial charge in [-0.15, -0.1) is 12.4 Å². The topological polar surface area (TPSA) is 21.3 Å². The number of hydrogen-bond donors (Lipinski definition) is 1. The largest absolute Gasteiger partial charge is 0.497 e. The van der Waals surface area contributed by atoms with Gasteiger partial charge in [0.25, 0.3) is 0 Å². The van der Waals surface area contributed by atoms with E-state index in [9.17, 15) is 0 Å². The first kappa shape index (κ1) is 17.5. The van der Waals surface area contributed by atoms with Crippen molar-refractivity contribution in [2.45, 2.75) is 32.4 Å². The van der Waals surface area contributed by atoms with E-state index in [4.69, 9.17) is 4.74 Å². The van der Waals surface area contributed by atoms with E-state index in [1.807, 2.05) is 12.1 Å². The van der Waals surface area contributed by atoms with Gasteiger partial charge < -0.3 is 10.1 Å². The molecule has 2 aromatic rings. The summed E-state index contributed by atoms with van der Waals surface area (Å²) in [5.74, 6) is 0.909. The van der Waals surface area contributed by atoms with Crippen molar-refractivity contribution < 1.29 is 4.74 Å². The molecule has 0 unspecified atom stereocenters. The van der Waals surface area contributed by atoms with Crippen molar-refractivity contribution in [3.63, 3.8) is 0 Å². The predicted octanol–water partition coefficient (Wildman–Crippen LogP) is 4.40. The SMILES string of the molecule is COc1ccc(C[C@@H](C)N[C@H](C)c2ccccc2)cc1.Cl. The maximum atomic E-state index is 5.18. The van der Waals surface area contributed by atoms with E-state index in [1.165, 1.54) is 11.1 Å². The molecule has 2 nitrogen and oxygen atoms in total. The summed E-state index contributed by atoms with van der Waals surface area (Å²) >= 11 is 0. The molecule has 21 heavy (non-hydrogen) atoms. The van der Waals surface area contributed by atoms with E-state index in [0.717, 1.165) is 12.2 Å². The second kappa shape index (κ2) is 8.71. The third kappa shape index (κ3) is 5.41. The van der Waals surface area contributed by atoms with Gasteiger partial charge in [0, 0.05) is 12.1 Å². The maximum Gasteiger partial charge on any atom is 0.118 e. The number of ether oxygens (including phenoxy) is 1. The van der Waals surface area contributed by atoms with Crippen molar-refractivity contribution in [1.82, 2.24) is 5.32 Å². The first-order chi connectivity index (χ1) is 9.69. The van der Waals surface area contributed by atoms with Crippen LogP contribution in [0.25, 0.3) is 0 Å². The molecular formula is C18H24ClNO. The highest BCUT2D eigenvalue weighted by molar-refractivity contribution is 5.85. The molecule has 0 bridgehead atoms. The monoisotopic (exact) mass is 305 g/mol. The minimum atomic E-state index is 0. The number of nitrogens with one attached hydrogen (secondary N) is 1. The number of benzene rings is 2. The zero-order valence-corrected chi connectivity index (χ0v) is 13.7. The first-order valence-corrected chi connectivity index (χ1v) is 7.13. The lowest BCUT2D eigenvalue weighted by molar-refractivity contribution is 0.414. The molecule has 3 heteroatoms. The fourth-order valence-corrected chi connectivity index (χ4v) is 2.44. The molecule has 0 saturated heterocycles. The van der Waals surface area contributed by atoms with Crippen molar-refractivity contribution in [2.24, 2.45) is 0 Å². The zero-order chi connectivity index (χ0) is 14.4. The zero-order valence-electron chi connectivity index (χ0n) is 12.9. The lowest BCUT2D eigenvalue weighted by atomic mass is 10.0. The van der Waals surface area contributed by atoms with Gasteiger partial charge in [-0.2, -0.15) is 0 Å². The second-order valence-electron chi connectivity index (χ2n) is 5.25. The van der Waals surface area contributed by atoms with Crippen molar-refractivity contribution in [1.29, 1.82) is 0 Å². The number of methoxy groups -OCH3 is 1.